The number of benzene rings is 1. The molecule has 1 aliphatic heterocycles. The van der Waals surface area contributed by atoms with Gasteiger partial charge in [-0.25, -0.2) is 4.98 Å². The first-order valence-corrected chi connectivity index (χ1v) is 6.83. The maximum absolute atomic E-state index is 4.54. The van der Waals surface area contributed by atoms with E-state index in [0.29, 0.717) is 0 Å². The van der Waals surface area contributed by atoms with Crippen molar-refractivity contribution in [3.63, 3.8) is 0 Å². The van der Waals surface area contributed by atoms with Gasteiger partial charge in [0.1, 0.15) is 5.82 Å². The summed E-state index contributed by atoms with van der Waals surface area (Å²) in [5.41, 5.74) is 4.01. The molecule has 0 saturated heterocycles. The Balaban J connectivity index is 1.97. The summed E-state index contributed by atoms with van der Waals surface area (Å²) in [6, 6.07) is 12.9. The molecular weight excluding hydrogens is 234 g/mol. The minimum Gasteiger partial charge on any atom is -0.326 e. The molecule has 0 aliphatic carbocycles. The van der Waals surface area contributed by atoms with Crippen molar-refractivity contribution in [1.29, 1.82) is 0 Å². The Morgan fingerprint density at radius 3 is 3.05 bits per heavy atom. The van der Waals surface area contributed by atoms with Gasteiger partial charge >= 0.3 is 0 Å². The molecule has 2 heterocycles. The quantitative estimate of drug-likeness (QED) is 0.911. The van der Waals surface area contributed by atoms with Crippen LogP contribution in [-0.4, -0.2) is 18.6 Å². The van der Waals surface area contributed by atoms with Crippen molar-refractivity contribution in [3.05, 3.63) is 53.7 Å². The standard InChI is InChI=1S/C16H19N3/c1-17-12-13-8-9-18-16(11-13)19-10-4-6-14-5-2-3-7-15(14)19/h2-3,5,7-9,11,17H,4,6,10,12H2,1H3. The van der Waals surface area contributed by atoms with E-state index in [1.807, 2.05) is 13.2 Å². The minimum absolute atomic E-state index is 0.880. The minimum atomic E-state index is 0.880. The van der Waals surface area contributed by atoms with Crippen molar-refractivity contribution in [1.82, 2.24) is 10.3 Å². The van der Waals surface area contributed by atoms with Crippen LogP contribution in [0.2, 0.25) is 0 Å². The van der Waals surface area contributed by atoms with Crippen LogP contribution >= 0.6 is 0 Å². The summed E-state index contributed by atoms with van der Waals surface area (Å²) >= 11 is 0. The molecule has 0 atom stereocenters. The Bertz CT molecular complexity index is 565. The fourth-order valence-electron chi connectivity index (χ4n) is 2.69. The predicted octanol–water partition coefficient (Wildman–Crippen LogP) is 2.89. The molecule has 1 aromatic carbocycles. The predicted molar refractivity (Wildman–Crippen MR) is 78.8 cm³/mol. The number of rotatable bonds is 3. The number of nitrogens with one attached hydrogen (secondary N) is 1. The zero-order chi connectivity index (χ0) is 13.1. The van der Waals surface area contributed by atoms with E-state index in [9.17, 15) is 0 Å². The van der Waals surface area contributed by atoms with Crippen molar-refractivity contribution in [2.75, 3.05) is 18.5 Å². The van der Waals surface area contributed by atoms with Crippen molar-refractivity contribution in [2.45, 2.75) is 19.4 Å². The van der Waals surface area contributed by atoms with Crippen molar-refractivity contribution in [3.8, 4) is 0 Å². The molecule has 0 bridgehead atoms. The Hall–Kier alpha value is -1.87. The van der Waals surface area contributed by atoms with Gasteiger partial charge in [-0.3, -0.25) is 0 Å². The number of pyridine rings is 1. The van der Waals surface area contributed by atoms with Gasteiger partial charge in [-0.15, -0.1) is 0 Å². The number of nitrogens with zero attached hydrogens (tertiary/aromatic N) is 2. The van der Waals surface area contributed by atoms with Crippen molar-refractivity contribution < 1.29 is 0 Å². The summed E-state index contributed by atoms with van der Waals surface area (Å²) in [6.07, 6.45) is 4.26. The second-order valence-electron chi connectivity index (χ2n) is 4.94. The van der Waals surface area contributed by atoms with Crippen LogP contribution in [0.15, 0.2) is 42.6 Å². The first-order chi connectivity index (χ1) is 9.38. The molecule has 0 saturated carbocycles. The maximum Gasteiger partial charge on any atom is 0.133 e. The van der Waals surface area contributed by atoms with Crippen LogP contribution < -0.4 is 10.2 Å². The lowest BCUT2D eigenvalue weighted by molar-refractivity contribution is 0.756. The number of hydrogen-bond donors (Lipinski definition) is 1. The van der Waals surface area contributed by atoms with Gasteiger partial charge in [0, 0.05) is 25.0 Å². The van der Waals surface area contributed by atoms with Crippen LogP contribution in [0.5, 0.6) is 0 Å². The SMILES string of the molecule is CNCc1ccnc(N2CCCc3ccccc32)c1. The summed E-state index contributed by atoms with van der Waals surface area (Å²) in [6.45, 7) is 1.93. The monoisotopic (exact) mass is 253 g/mol. The lowest BCUT2D eigenvalue weighted by Crippen LogP contribution is -2.25. The fourth-order valence-corrected chi connectivity index (χ4v) is 2.69. The highest BCUT2D eigenvalue weighted by Gasteiger charge is 2.18. The zero-order valence-electron chi connectivity index (χ0n) is 11.3. The van der Waals surface area contributed by atoms with E-state index >= 15 is 0 Å². The fraction of sp³-hybridized carbons (Fsp3) is 0.312. The van der Waals surface area contributed by atoms with Gasteiger partial charge in [0.25, 0.3) is 0 Å². The summed E-state index contributed by atoms with van der Waals surface area (Å²) in [7, 11) is 1.97. The van der Waals surface area contributed by atoms with Gasteiger partial charge < -0.3 is 10.2 Å². The van der Waals surface area contributed by atoms with E-state index < -0.39 is 0 Å². The molecule has 0 radical (unpaired) electrons. The molecule has 3 rings (SSSR count). The third-order valence-electron chi connectivity index (χ3n) is 3.58. The Labute approximate surface area is 114 Å². The van der Waals surface area contributed by atoms with E-state index in [1.54, 1.807) is 0 Å². The second-order valence-corrected chi connectivity index (χ2v) is 4.94. The average Bonchev–Trinajstić information content (AvgIpc) is 2.47. The molecule has 19 heavy (non-hydrogen) atoms. The largest absolute Gasteiger partial charge is 0.326 e. The van der Waals surface area contributed by atoms with Gasteiger partial charge in [-0.05, 0) is 49.2 Å². The lowest BCUT2D eigenvalue weighted by atomic mass is 10.0. The molecule has 3 heteroatoms. The average molecular weight is 253 g/mol. The molecule has 2 aromatic rings. The van der Waals surface area contributed by atoms with Crippen LogP contribution in [0, 0.1) is 0 Å². The number of aryl methyl sites for hydroxylation is 1. The maximum atomic E-state index is 4.54. The second kappa shape index (κ2) is 5.41. The van der Waals surface area contributed by atoms with E-state index in [0.717, 1.165) is 18.9 Å². The summed E-state index contributed by atoms with van der Waals surface area (Å²) < 4.78 is 0. The molecule has 0 spiro atoms. The smallest absolute Gasteiger partial charge is 0.133 e. The van der Waals surface area contributed by atoms with E-state index in [1.165, 1.54) is 29.7 Å². The number of fused-ring (bicyclic) bond motifs is 1. The van der Waals surface area contributed by atoms with Gasteiger partial charge in [-0.2, -0.15) is 0 Å². The third-order valence-corrected chi connectivity index (χ3v) is 3.58. The summed E-state index contributed by atoms with van der Waals surface area (Å²) in [5.74, 6) is 1.06. The molecule has 0 unspecified atom stereocenters. The van der Waals surface area contributed by atoms with Gasteiger partial charge in [0.05, 0.1) is 0 Å². The lowest BCUT2D eigenvalue weighted by Gasteiger charge is -2.30. The molecule has 98 valence electrons. The third kappa shape index (κ3) is 2.47. The van der Waals surface area contributed by atoms with Crippen LogP contribution in [0.1, 0.15) is 17.5 Å². The number of para-hydroxylation sites is 1. The van der Waals surface area contributed by atoms with Crippen LogP contribution in [0.4, 0.5) is 11.5 Å². The van der Waals surface area contributed by atoms with Gasteiger partial charge in [-0.1, -0.05) is 18.2 Å². The van der Waals surface area contributed by atoms with E-state index in [2.05, 4.69) is 51.6 Å². The first-order valence-electron chi connectivity index (χ1n) is 6.83. The highest BCUT2D eigenvalue weighted by atomic mass is 15.2. The van der Waals surface area contributed by atoms with Gasteiger partial charge in [0.2, 0.25) is 0 Å². The van der Waals surface area contributed by atoms with E-state index in [4.69, 9.17) is 0 Å². The zero-order valence-corrected chi connectivity index (χ0v) is 11.3. The molecule has 0 fully saturated rings. The Morgan fingerprint density at radius 2 is 2.16 bits per heavy atom. The van der Waals surface area contributed by atoms with Crippen LogP contribution in [-0.2, 0) is 13.0 Å². The first kappa shape index (κ1) is 12.2. The number of aromatic nitrogens is 1. The molecule has 1 aromatic heterocycles. The summed E-state index contributed by atoms with van der Waals surface area (Å²) in [5, 5.41) is 3.19. The topological polar surface area (TPSA) is 28.2 Å². The molecular formula is C16H19N3. The Morgan fingerprint density at radius 1 is 1.26 bits per heavy atom. The summed E-state index contributed by atoms with van der Waals surface area (Å²) in [4.78, 5) is 6.87. The van der Waals surface area contributed by atoms with Crippen molar-refractivity contribution in [2.24, 2.45) is 0 Å². The Kier molecular flexibility index (Phi) is 3.47. The molecule has 1 aliphatic rings. The highest BCUT2D eigenvalue weighted by molar-refractivity contribution is 5.65. The molecule has 0 amide bonds. The number of anilines is 2. The molecule has 3 nitrogen and oxygen atoms in total. The molecule has 1 N–H and O–H groups in total. The van der Waals surface area contributed by atoms with Crippen LogP contribution in [0.25, 0.3) is 0 Å². The highest BCUT2D eigenvalue weighted by Crippen LogP contribution is 2.32. The van der Waals surface area contributed by atoms with Crippen LogP contribution in [0.3, 0.4) is 0 Å². The normalized spacial score (nSPS) is 14.3. The van der Waals surface area contributed by atoms with Crippen molar-refractivity contribution >= 4 is 11.5 Å². The van der Waals surface area contributed by atoms with E-state index in [-0.39, 0.29) is 0 Å². The van der Waals surface area contributed by atoms with Gasteiger partial charge in [0.15, 0.2) is 0 Å². The number of hydrogen-bond acceptors (Lipinski definition) is 3.